The second kappa shape index (κ2) is 9.91. The Morgan fingerprint density at radius 2 is 1.60 bits per heavy atom. The van der Waals surface area contributed by atoms with Crippen LogP contribution in [0.2, 0.25) is 10.0 Å². The highest BCUT2D eigenvalue weighted by atomic mass is 35.5. The molecule has 0 saturated carbocycles. The minimum atomic E-state index is -0.593. The third-order valence-electron chi connectivity index (χ3n) is 3.97. The van der Waals surface area contributed by atoms with Gasteiger partial charge in [0.05, 0.1) is 23.9 Å². The summed E-state index contributed by atoms with van der Waals surface area (Å²) in [6.07, 6.45) is 1.48. The van der Waals surface area contributed by atoms with Crippen molar-refractivity contribution in [2.45, 2.75) is 0 Å². The van der Waals surface area contributed by atoms with Crippen molar-refractivity contribution >= 4 is 41.3 Å². The number of benzene rings is 3. The van der Waals surface area contributed by atoms with Gasteiger partial charge in [0.1, 0.15) is 11.5 Å². The number of methoxy groups -OCH3 is 1. The van der Waals surface area contributed by atoms with Gasteiger partial charge in [-0.3, -0.25) is 4.79 Å². The van der Waals surface area contributed by atoms with E-state index >= 15 is 0 Å². The van der Waals surface area contributed by atoms with Crippen molar-refractivity contribution in [1.29, 1.82) is 0 Å². The predicted molar refractivity (Wildman–Crippen MR) is 116 cm³/mol. The predicted octanol–water partition coefficient (Wildman–Crippen LogP) is 4.99. The molecule has 3 aromatic rings. The molecule has 0 saturated heterocycles. The lowest BCUT2D eigenvalue weighted by atomic mass is 10.2. The summed E-state index contributed by atoms with van der Waals surface area (Å²) in [6.45, 7) is 0. The number of ether oxygens (including phenoxy) is 2. The lowest BCUT2D eigenvalue weighted by molar-refractivity contribution is 0.0734. The van der Waals surface area contributed by atoms with Crippen molar-refractivity contribution in [2.24, 2.45) is 5.10 Å². The molecule has 3 aromatic carbocycles. The summed E-state index contributed by atoms with van der Waals surface area (Å²) < 4.78 is 10.4. The minimum Gasteiger partial charge on any atom is -0.497 e. The third-order valence-corrected chi connectivity index (χ3v) is 4.52. The van der Waals surface area contributed by atoms with Gasteiger partial charge in [-0.2, -0.15) is 5.10 Å². The number of amides is 1. The number of hydrazone groups is 1. The SMILES string of the molecule is COc1ccc(C(=O)N/N=C\c2ccc(OC(=O)c3ccc(Cl)cc3Cl)cc2)cc1. The maximum Gasteiger partial charge on any atom is 0.345 e. The number of hydrogen-bond acceptors (Lipinski definition) is 5. The van der Waals surface area contributed by atoms with Crippen molar-refractivity contribution in [3.05, 3.63) is 93.5 Å². The van der Waals surface area contributed by atoms with E-state index < -0.39 is 5.97 Å². The van der Waals surface area contributed by atoms with Gasteiger partial charge < -0.3 is 9.47 Å². The molecule has 1 N–H and O–H groups in total. The molecule has 0 unspecified atom stereocenters. The third kappa shape index (κ3) is 5.59. The van der Waals surface area contributed by atoms with Gasteiger partial charge in [0.15, 0.2) is 0 Å². The van der Waals surface area contributed by atoms with E-state index in [1.807, 2.05) is 0 Å². The summed E-state index contributed by atoms with van der Waals surface area (Å²) in [5, 5.41) is 4.57. The smallest absolute Gasteiger partial charge is 0.345 e. The molecule has 30 heavy (non-hydrogen) atoms. The molecule has 0 aromatic heterocycles. The molecular formula is C22H16Cl2N2O4. The largest absolute Gasteiger partial charge is 0.497 e. The van der Waals surface area contributed by atoms with Crippen LogP contribution in [0.5, 0.6) is 11.5 Å². The van der Waals surface area contributed by atoms with E-state index in [2.05, 4.69) is 10.5 Å². The van der Waals surface area contributed by atoms with Crippen LogP contribution in [0.3, 0.4) is 0 Å². The topological polar surface area (TPSA) is 77.0 Å². The molecule has 0 aliphatic carbocycles. The maximum absolute atomic E-state index is 12.2. The van der Waals surface area contributed by atoms with Crippen LogP contribution in [0.15, 0.2) is 71.8 Å². The van der Waals surface area contributed by atoms with Crippen LogP contribution in [0.1, 0.15) is 26.3 Å². The zero-order valence-electron chi connectivity index (χ0n) is 15.8. The van der Waals surface area contributed by atoms with Crippen molar-refractivity contribution in [1.82, 2.24) is 5.43 Å². The normalized spacial score (nSPS) is 10.6. The lowest BCUT2D eigenvalue weighted by Gasteiger charge is -2.06. The first-order valence-corrected chi connectivity index (χ1v) is 9.46. The van der Waals surface area contributed by atoms with E-state index in [1.54, 1.807) is 61.7 Å². The minimum absolute atomic E-state index is 0.212. The molecule has 0 radical (unpaired) electrons. The molecule has 1 amide bonds. The van der Waals surface area contributed by atoms with Crippen LogP contribution in [0.25, 0.3) is 0 Å². The number of hydrogen-bond donors (Lipinski definition) is 1. The quantitative estimate of drug-likeness (QED) is 0.252. The van der Waals surface area contributed by atoms with E-state index in [4.69, 9.17) is 32.7 Å². The average molecular weight is 443 g/mol. The fourth-order valence-corrected chi connectivity index (χ4v) is 2.90. The average Bonchev–Trinajstić information content (AvgIpc) is 2.75. The molecule has 152 valence electrons. The molecule has 0 bridgehead atoms. The highest BCUT2D eigenvalue weighted by molar-refractivity contribution is 6.36. The van der Waals surface area contributed by atoms with E-state index in [0.717, 1.165) is 0 Å². The molecule has 3 rings (SSSR count). The number of nitrogens with one attached hydrogen (secondary N) is 1. The van der Waals surface area contributed by atoms with Crippen molar-refractivity contribution in [2.75, 3.05) is 7.11 Å². The summed E-state index contributed by atoms with van der Waals surface area (Å²) >= 11 is 11.8. The Bertz CT molecular complexity index is 1080. The number of carbonyl (C=O) groups is 2. The highest BCUT2D eigenvalue weighted by Gasteiger charge is 2.13. The Labute approximate surface area is 183 Å². The van der Waals surface area contributed by atoms with Gasteiger partial charge in [0.25, 0.3) is 5.91 Å². The number of nitrogens with zero attached hydrogens (tertiary/aromatic N) is 1. The standard InChI is InChI=1S/C22H16Cl2N2O4/c1-29-17-9-4-15(5-10-17)21(27)26-25-13-14-2-7-18(8-3-14)30-22(28)19-11-6-16(23)12-20(19)24/h2-13H,1H3,(H,26,27)/b25-13-. The first-order chi connectivity index (χ1) is 14.5. The summed E-state index contributed by atoms with van der Waals surface area (Å²) in [5.41, 5.74) is 3.82. The van der Waals surface area contributed by atoms with Gasteiger partial charge in [-0.15, -0.1) is 0 Å². The Morgan fingerprint density at radius 3 is 2.23 bits per heavy atom. The van der Waals surface area contributed by atoms with Crippen molar-refractivity contribution < 1.29 is 19.1 Å². The summed E-state index contributed by atoms with van der Waals surface area (Å²) in [5.74, 6) is 0.0590. The summed E-state index contributed by atoms with van der Waals surface area (Å²) in [7, 11) is 1.55. The fraction of sp³-hybridized carbons (Fsp3) is 0.0455. The zero-order chi connectivity index (χ0) is 21.5. The molecule has 0 aliphatic rings. The van der Waals surface area contributed by atoms with Crippen LogP contribution in [-0.2, 0) is 0 Å². The zero-order valence-corrected chi connectivity index (χ0v) is 17.3. The van der Waals surface area contributed by atoms with E-state index in [0.29, 0.717) is 27.6 Å². The fourth-order valence-electron chi connectivity index (χ4n) is 2.41. The van der Waals surface area contributed by atoms with Crippen LogP contribution in [0, 0.1) is 0 Å². The van der Waals surface area contributed by atoms with E-state index in [9.17, 15) is 9.59 Å². The molecule has 8 heteroatoms. The lowest BCUT2D eigenvalue weighted by Crippen LogP contribution is -2.17. The Balaban J connectivity index is 1.57. The maximum atomic E-state index is 12.2. The molecule has 0 aliphatic heterocycles. The van der Waals surface area contributed by atoms with Crippen molar-refractivity contribution in [3.63, 3.8) is 0 Å². The van der Waals surface area contributed by atoms with Crippen LogP contribution in [-0.4, -0.2) is 25.2 Å². The number of rotatable bonds is 6. The molecular weight excluding hydrogens is 427 g/mol. The first kappa shape index (κ1) is 21.4. The number of esters is 1. The first-order valence-electron chi connectivity index (χ1n) is 8.71. The van der Waals surface area contributed by atoms with Gasteiger partial charge >= 0.3 is 5.97 Å². The van der Waals surface area contributed by atoms with Crippen LogP contribution >= 0.6 is 23.2 Å². The number of halogens is 2. The molecule has 6 nitrogen and oxygen atoms in total. The van der Waals surface area contributed by atoms with Crippen molar-refractivity contribution in [3.8, 4) is 11.5 Å². The van der Waals surface area contributed by atoms with Crippen LogP contribution in [0.4, 0.5) is 0 Å². The van der Waals surface area contributed by atoms with Gasteiger partial charge in [0.2, 0.25) is 0 Å². The van der Waals surface area contributed by atoms with E-state index in [-0.39, 0.29) is 16.5 Å². The molecule has 0 heterocycles. The Kier molecular flexibility index (Phi) is 7.06. The second-order valence-electron chi connectivity index (χ2n) is 6.01. The monoisotopic (exact) mass is 442 g/mol. The molecule has 0 fully saturated rings. The summed E-state index contributed by atoms with van der Waals surface area (Å²) in [4.78, 5) is 24.3. The van der Waals surface area contributed by atoms with Gasteiger partial charge in [-0.25, -0.2) is 10.2 Å². The van der Waals surface area contributed by atoms with Gasteiger partial charge in [-0.1, -0.05) is 23.2 Å². The van der Waals surface area contributed by atoms with E-state index in [1.165, 1.54) is 18.3 Å². The highest BCUT2D eigenvalue weighted by Crippen LogP contribution is 2.23. The Morgan fingerprint density at radius 1 is 0.933 bits per heavy atom. The molecule has 0 atom stereocenters. The second-order valence-corrected chi connectivity index (χ2v) is 6.85. The number of carbonyl (C=O) groups excluding carboxylic acids is 2. The summed E-state index contributed by atoms with van der Waals surface area (Å²) in [6, 6.07) is 17.8. The van der Waals surface area contributed by atoms with Gasteiger partial charge in [0, 0.05) is 10.6 Å². The van der Waals surface area contributed by atoms with Gasteiger partial charge in [-0.05, 0) is 72.3 Å². The Hall–Kier alpha value is -3.35. The van der Waals surface area contributed by atoms with Crippen LogP contribution < -0.4 is 14.9 Å². The molecule has 0 spiro atoms.